The molecule has 1 aromatic carbocycles. The van der Waals surface area contributed by atoms with Gasteiger partial charge in [0.05, 0.1) is 11.0 Å². The zero-order valence-corrected chi connectivity index (χ0v) is 15.8. The van der Waals surface area contributed by atoms with Crippen molar-refractivity contribution in [1.82, 2.24) is 19.4 Å². The Morgan fingerprint density at radius 2 is 1.77 bits per heavy atom. The minimum Gasteiger partial charge on any atom is -0.334 e. The highest BCUT2D eigenvalue weighted by Crippen LogP contribution is 2.34. The van der Waals surface area contributed by atoms with E-state index >= 15 is 0 Å². The molecular weight excluding hydrogens is 328 g/mol. The summed E-state index contributed by atoms with van der Waals surface area (Å²) in [5.74, 6) is 0.333. The molecule has 0 unspecified atom stereocenters. The van der Waals surface area contributed by atoms with Gasteiger partial charge in [0.15, 0.2) is 0 Å². The van der Waals surface area contributed by atoms with Crippen LogP contribution in [0.25, 0.3) is 11.0 Å². The Labute approximate surface area is 153 Å². The summed E-state index contributed by atoms with van der Waals surface area (Å²) in [4.78, 5) is 28.4. The Bertz CT molecular complexity index is 868. The summed E-state index contributed by atoms with van der Waals surface area (Å²) in [6.07, 6.45) is 4.36. The van der Waals surface area contributed by atoms with Crippen LogP contribution in [0.5, 0.6) is 0 Å². The standard InChI is InChI=1S/C20H28N4O2/c1-13(2)12-23-17-6-4-5-7-18(17)24(20(23)26)19(25)21-14-10-15-8-9-16(11-14)22(15)3/h4-7,13-16H,8-12H2,1-3H3,(H,21,25)/t14-,15+,16-. The van der Waals surface area contributed by atoms with E-state index in [1.54, 1.807) is 4.57 Å². The summed E-state index contributed by atoms with van der Waals surface area (Å²) in [7, 11) is 2.18. The van der Waals surface area contributed by atoms with Gasteiger partial charge in [-0.25, -0.2) is 14.2 Å². The molecule has 2 saturated heterocycles. The second-order valence-electron chi connectivity index (χ2n) is 8.28. The molecule has 4 rings (SSSR count). The van der Waals surface area contributed by atoms with Crippen molar-refractivity contribution in [2.75, 3.05) is 7.05 Å². The molecule has 6 heteroatoms. The number of rotatable bonds is 3. The summed E-state index contributed by atoms with van der Waals surface area (Å²) in [6, 6.07) is 8.52. The Balaban J connectivity index is 1.63. The van der Waals surface area contributed by atoms with E-state index < -0.39 is 0 Å². The first kappa shape index (κ1) is 17.3. The highest BCUT2D eigenvalue weighted by molar-refractivity contribution is 5.89. The van der Waals surface area contributed by atoms with Crippen molar-refractivity contribution >= 4 is 17.1 Å². The van der Waals surface area contributed by atoms with Crippen molar-refractivity contribution in [2.45, 2.75) is 64.2 Å². The molecule has 0 saturated carbocycles. The minimum absolute atomic E-state index is 0.148. The van der Waals surface area contributed by atoms with Crippen molar-refractivity contribution in [3.05, 3.63) is 34.7 Å². The average Bonchev–Trinajstić information content (AvgIpc) is 2.97. The van der Waals surface area contributed by atoms with Crippen LogP contribution in [-0.2, 0) is 6.54 Å². The molecule has 1 amide bonds. The lowest BCUT2D eigenvalue weighted by atomic mass is 9.98. The smallest absolute Gasteiger partial charge is 0.334 e. The molecule has 0 spiro atoms. The summed E-state index contributed by atoms with van der Waals surface area (Å²) in [5, 5.41) is 3.14. The van der Waals surface area contributed by atoms with Gasteiger partial charge < -0.3 is 10.2 Å². The monoisotopic (exact) mass is 356 g/mol. The van der Waals surface area contributed by atoms with E-state index in [4.69, 9.17) is 0 Å². The first-order chi connectivity index (χ1) is 12.5. The van der Waals surface area contributed by atoms with Crippen LogP contribution < -0.4 is 11.0 Å². The van der Waals surface area contributed by atoms with Crippen molar-refractivity contribution in [1.29, 1.82) is 0 Å². The zero-order chi connectivity index (χ0) is 18.4. The van der Waals surface area contributed by atoms with E-state index in [0.717, 1.165) is 18.4 Å². The van der Waals surface area contributed by atoms with Crippen LogP contribution in [0.15, 0.2) is 29.1 Å². The summed E-state index contributed by atoms with van der Waals surface area (Å²) in [5.41, 5.74) is 1.27. The number of hydrogen-bond donors (Lipinski definition) is 1. The van der Waals surface area contributed by atoms with Gasteiger partial charge in [0.2, 0.25) is 0 Å². The molecule has 1 aromatic heterocycles. The summed E-state index contributed by atoms with van der Waals surface area (Å²) in [6.45, 7) is 4.76. The number of amides is 1. The van der Waals surface area contributed by atoms with Gasteiger partial charge in [-0.2, -0.15) is 0 Å². The molecule has 0 radical (unpaired) electrons. The highest BCUT2D eigenvalue weighted by Gasteiger charge is 2.39. The molecule has 2 aliphatic rings. The van der Waals surface area contributed by atoms with Crippen LogP contribution in [0.4, 0.5) is 4.79 Å². The van der Waals surface area contributed by atoms with Gasteiger partial charge in [-0.05, 0) is 50.8 Å². The number of benzene rings is 1. The molecule has 3 atom stereocenters. The number of piperidine rings is 1. The second kappa shape index (κ2) is 6.58. The van der Waals surface area contributed by atoms with Gasteiger partial charge in [0, 0.05) is 24.7 Å². The third-order valence-electron chi connectivity index (χ3n) is 6.01. The van der Waals surface area contributed by atoms with Crippen LogP contribution >= 0.6 is 0 Å². The topological polar surface area (TPSA) is 59.3 Å². The maximum absolute atomic E-state index is 13.0. The predicted molar refractivity (Wildman–Crippen MR) is 103 cm³/mol. The number of para-hydroxylation sites is 2. The quantitative estimate of drug-likeness (QED) is 0.920. The highest BCUT2D eigenvalue weighted by atomic mass is 16.2. The van der Waals surface area contributed by atoms with Gasteiger partial charge >= 0.3 is 11.7 Å². The van der Waals surface area contributed by atoms with Gasteiger partial charge in [-0.3, -0.25) is 4.57 Å². The second-order valence-corrected chi connectivity index (χ2v) is 8.28. The maximum Gasteiger partial charge on any atom is 0.337 e. The Kier molecular flexibility index (Phi) is 4.39. The van der Waals surface area contributed by atoms with Crippen LogP contribution in [0.2, 0.25) is 0 Å². The summed E-state index contributed by atoms with van der Waals surface area (Å²) < 4.78 is 3.04. The minimum atomic E-state index is -0.289. The molecule has 140 valence electrons. The van der Waals surface area contributed by atoms with Gasteiger partial charge in [0.25, 0.3) is 0 Å². The van der Waals surface area contributed by atoms with Crippen LogP contribution in [0.3, 0.4) is 0 Å². The van der Waals surface area contributed by atoms with Crippen molar-refractivity contribution in [3.8, 4) is 0 Å². The number of nitrogens with zero attached hydrogens (tertiary/aromatic N) is 3. The number of hydrogen-bond acceptors (Lipinski definition) is 3. The third-order valence-corrected chi connectivity index (χ3v) is 6.01. The molecular formula is C20H28N4O2. The lowest BCUT2D eigenvalue weighted by Gasteiger charge is -2.36. The largest absolute Gasteiger partial charge is 0.337 e. The Hall–Kier alpha value is -2.08. The molecule has 1 N–H and O–H groups in total. The number of fused-ring (bicyclic) bond motifs is 3. The molecule has 2 aliphatic heterocycles. The molecule has 26 heavy (non-hydrogen) atoms. The van der Waals surface area contributed by atoms with E-state index in [0.29, 0.717) is 30.1 Å². The SMILES string of the molecule is CC(C)Cn1c(=O)n(C(=O)N[C@H]2C[C@H]3CC[C@@H](C2)N3C)c2ccccc21. The van der Waals surface area contributed by atoms with E-state index in [1.165, 1.54) is 17.4 Å². The molecule has 0 aliphatic carbocycles. The molecule has 6 nitrogen and oxygen atoms in total. The van der Waals surface area contributed by atoms with Gasteiger partial charge in [-0.1, -0.05) is 26.0 Å². The van der Waals surface area contributed by atoms with Crippen molar-refractivity contribution in [2.24, 2.45) is 5.92 Å². The number of aromatic nitrogens is 2. The van der Waals surface area contributed by atoms with Gasteiger partial charge in [0.1, 0.15) is 0 Å². The fraction of sp³-hybridized carbons (Fsp3) is 0.600. The fourth-order valence-electron chi connectivity index (χ4n) is 4.71. The number of carbonyl (C=O) groups excluding carboxylic acids is 1. The van der Waals surface area contributed by atoms with Crippen molar-refractivity contribution < 1.29 is 4.79 Å². The fourth-order valence-corrected chi connectivity index (χ4v) is 4.71. The number of imidazole rings is 1. The molecule has 3 heterocycles. The Morgan fingerprint density at radius 3 is 2.38 bits per heavy atom. The van der Waals surface area contributed by atoms with E-state index in [-0.39, 0.29) is 17.8 Å². The zero-order valence-electron chi connectivity index (χ0n) is 15.8. The number of nitrogens with one attached hydrogen (secondary N) is 1. The lowest BCUT2D eigenvalue weighted by Crippen LogP contribution is -2.50. The molecule has 2 fully saturated rings. The maximum atomic E-state index is 13.0. The first-order valence-electron chi connectivity index (χ1n) is 9.68. The van der Waals surface area contributed by atoms with E-state index in [2.05, 4.69) is 31.1 Å². The normalized spacial score (nSPS) is 25.9. The predicted octanol–water partition coefficient (Wildman–Crippen LogP) is 2.64. The molecule has 2 bridgehead atoms. The first-order valence-corrected chi connectivity index (χ1v) is 9.68. The van der Waals surface area contributed by atoms with Crippen molar-refractivity contribution in [3.63, 3.8) is 0 Å². The van der Waals surface area contributed by atoms with E-state index in [1.807, 2.05) is 24.3 Å². The number of carbonyl (C=O) groups is 1. The van der Waals surface area contributed by atoms with Gasteiger partial charge in [-0.15, -0.1) is 0 Å². The third kappa shape index (κ3) is 2.86. The van der Waals surface area contributed by atoms with Crippen LogP contribution in [0.1, 0.15) is 39.5 Å². The summed E-state index contributed by atoms with van der Waals surface area (Å²) >= 11 is 0. The van der Waals surface area contributed by atoms with Crippen LogP contribution in [0, 0.1) is 5.92 Å². The Morgan fingerprint density at radius 1 is 1.15 bits per heavy atom. The molecule has 2 aromatic rings. The van der Waals surface area contributed by atoms with Crippen LogP contribution in [-0.4, -0.2) is 45.2 Å². The van der Waals surface area contributed by atoms with E-state index in [9.17, 15) is 9.59 Å². The lowest BCUT2D eigenvalue weighted by molar-refractivity contribution is 0.149. The average molecular weight is 356 g/mol.